The molecule has 0 amide bonds. The van der Waals surface area contributed by atoms with Crippen LogP contribution in [0.2, 0.25) is 0 Å². The number of unbranched alkanes of at least 4 members (excludes halogenated alkanes) is 3. The van der Waals surface area contributed by atoms with Crippen LogP contribution in [0.4, 0.5) is 10.1 Å². The maximum atomic E-state index is 14.6. The lowest BCUT2D eigenvalue weighted by atomic mass is 10.1. The second-order valence-electron chi connectivity index (χ2n) is 6.93. The number of carboxylic acid groups (broad SMARTS) is 1. The molecule has 1 aliphatic heterocycles. The molecule has 0 radical (unpaired) electrons. The summed E-state index contributed by atoms with van der Waals surface area (Å²) in [5.41, 5.74) is -0.0318. The van der Waals surface area contributed by atoms with Crippen LogP contribution in [0, 0.1) is 5.82 Å². The number of aromatic carboxylic acids is 1. The maximum absolute atomic E-state index is 14.6. The van der Waals surface area contributed by atoms with Crippen molar-refractivity contribution < 1.29 is 14.3 Å². The zero-order valence-electron chi connectivity index (χ0n) is 15.1. The van der Waals surface area contributed by atoms with Gasteiger partial charge in [0.2, 0.25) is 0 Å². The maximum Gasteiger partial charge on any atom is 0.198 e. The molecule has 1 aromatic carbocycles. The molecule has 1 aromatic heterocycles. The Bertz CT molecular complexity index is 869. The molecule has 3 rings (SSSR count). The summed E-state index contributed by atoms with van der Waals surface area (Å²) in [6.07, 6.45) is 7.46. The number of pyridine rings is 1. The monoisotopic (exact) mass is 359 g/mol. The molecule has 6 heteroatoms. The van der Waals surface area contributed by atoms with Crippen molar-refractivity contribution in [1.29, 1.82) is 0 Å². The molecule has 2 aromatic rings. The van der Waals surface area contributed by atoms with Crippen LogP contribution in [0.15, 0.2) is 23.1 Å². The van der Waals surface area contributed by atoms with E-state index >= 15 is 0 Å². The van der Waals surface area contributed by atoms with Crippen LogP contribution in [0.1, 0.15) is 55.8 Å². The fourth-order valence-corrected chi connectivity index (χ4v) is 3.64. The highest BCUT2D eigenvalue weighted by Gasteiger charge is 2.19. The molecular weight excluding hydrogens is 335 g/mol. The van der Waals surface area contributed by atoms with Gasteiger partial charge in [0.05, 0.1) is 22.7 Å². The number of nitrogens with zero attached hydrogens (tertiary/aromatic N) is 2. The van der Waals surface area contributed by atoms with E-state index in [2.05, 4.69) is 6.92 Å². The number of rotatable bonds is 7. The second kappa shape index (κ2) is 7.89. The van der Waals surface area contributed by atoms with Gasteiger partial charge in [-0.05, 0) is 31.4 Å². The first-order chi connectivity index (χ1) is 12.5. The van der Waals surface area contributed by atoms with E-state index in [1.165, 1.54) is 12.3 Å². The average Bonchev–Trinajstić information content (AvgIpc) is 3.14. The first kappa shape index (κ1) is 18.4. The van der Waals surface area contributed by atoms with Crippen molar-refractivity contribution in [2.75, 3.05) is 18.0 Å². The summed E-state index contributed by atoms with van der Waals surface area (Å²) in [5, 5.41) is 11.4. The predicted molar refractivity (Wildman–Crippen MR) is 98.1 cm³/mol. The topological polar surface area (TPSA) is 65.4 Å². The first-order valence-electron chi connectivity index (χ1n) is 9.36. The van der Waals surface area contributed by atoms with Gasteiger partial charge < -0.3 is 19.4 Å². The minimum atomic E-state index is -1.52. The van der Waals surface area contributed by atoms with Gasteiger partial charge in [0, 0.05) is 31.2 Å². The summed E-state index contributed by atoms with van der Waals surface area (Å²) in [4.78, 5) is 25.8. The van der Waals surface area contributed by atoms with Crippen molar-refractivity contribution in [2.45, 2.75) is 52.0 Å². The molecule has 1 fully saturated rings. The molecule has 1 saturated heterocycles. The van der Waals surface area contributed by atoms with E-state index < -0.39 is 22.8 Å². The SMILES string of the molecule is CCCCCCn1cc(C(=O)[O-])c(=O)c2cc(F)c(N3CCCC3)cc21. The van der Waals surface area contributed by atoms with Gasteiger partial charge in [-0.15, -0.1) is 0 Å². The van der Waals surface area contributed by atoms with E-state index in [0.717, 1.165) is 51.6 Å². The highest BCUT2D eigenvalue weighted by atomic mass is 19.1. The van der Waals surface area contributed by atoms with E-state index in [0.29, 0.717) is 17.7 Å². The van der Waals surface area contributed by atoms with Gasteiger partial charge in [0.15, 0.2) is 5.43 Å². The molecular formula is C20H24FN2O3-. The summed E-state index contributed by atoms with van der Waals surface area (Å²) in [6.45, 7) is 4.29. The van der Waals surface area contributed by atoms with Crippen LogP contribution in [0.5, 0.6) is 0 Å². The lowest BCUT2D eigenvalue weighted by molar-refractivity contribution is -0.255. The Morgan fingerprint density at radius 2 is 1.92 bits per heavy atom. The molecule has 0 atom stereocenters. The van der Waals surface area contributed by atoms with E-state index in [1.807, 2.05) is 4.90 Å². The molecule has 0 N–H and O–H groups in total. The highest BCUT2D eigenvalue weighted by Crippen LogP contribution is 2.28. The smallest absolute Gasteiger partial charge is 0.198 e. The number of carbonyl (C=O) groups excluding carboxylic acids is 1. The predicted octanol–water partition coefficient (Wildman–Crippen LogP) is 2.68. The van der Waals surface area contributed by atoms with Crippen molar-refractivity contribution in [2.24, 2.45) is 0 Å². The molecule has 0 saturated carbocycles. The van der Waals surface area contributed by atoms with E-state index in [4.69, 9.17) is 0 Å². The Labute approximate surface area is 152 Å². The van der Waals surface area contributed by atoms with Crippen LogP contribution in [-0.2, 0) is 6.54 Å². The molecule has 2 heterocycles. The number of carbonyl (C=O) groups is 1. The van der Waals surface area contributed by atoms with Crippen LogP contribution >= 0.6 is 0 Å². The Morgan fingerprint density at radius 1 is 1.19 bits per heavy atom. The normalized spacial score (nSPS) is 14.3. The quantitative estimate of drug-likeness (QED) is 0.713. The van der Waals surface area contributed by atoms with E-state index in [1.54, 1.807) is 10.6 Å². The fourth-order valence-electron chi connectivity index (χ4n) is 3.64. The van der Waals surface area contributed by atoms with Crippen molar-refractivity contribution in [1.82, 2.24) is 4.57 Å². The summed E-state index contributed by atoms with van der Waals surface area (Å²) >= 11 is 0. The third-order valence-corrected chi connectivity index (χ3v) is 5.07. The van der Waals surface area contributed by atoms with Crippen LogP contribution in [0.25, 0.3) is 10.9 Å². The number of hydrogen-bond donors (Lipinski definition) is 0. The van der Waals surface area contributed by atoms with Gasteiger partial charge in [-0.2, -0.15) is 0 Å². The van der Waals surface area contributed by atoms with Gasteiger partial charge in [-0.3, -0.25) is 4.79 Å². The standard InChI is InChI=1S/C20H25FN2O3/c1-2-3-4-5-10-23-13-15(20(25)26)19(24)14-11-16(21)18(12-17(14)23)22-8-6-7-9-22/h11-13H,2-10H2,1H3,(H,25,26)/p-1. The number of carboxylic acids is 1. The summed E-state index contributed by atoms with van der Waals surface area (Å²) in [7, 11) is 0. The van der Waals surface area contributed by atoms with Gasteiger partial charge >= 0.3 is 0 Å². The summed E-state index contributed by atoms with van der Waals surface area (Å²) < 4.78 is 16.4. The van der Waals surface area contributed by atoms with Gasteiger partial charge in [0.1, 0.15) is 5.82 Å². The number of hydrogen-bond acceptors (Lipinski definition) is 4. The minimum Gasteiger partial charge on any atom is -0.545 e. The zero-order valence-corrected chi connectivity index (χ0v) is 15.1. The van der Waals surface area contributed by atoms with E-state index in [9.17, 15) is 19.1 Å². The van der Waals surface area contributed by atoms with Crippen molar-refractivity contribution in [3.05, 3.63) is 39.9 Å². The number of aryl methyl sites for hydroxylation is 1. The molecule has 140 valence electrons. The molecule has 0 spiro atoms. The van der Waals surface area contributed by atoms with Crippen LogP contribution < -0.4 is 15.4 Å². The first-order valence-corrected chi connectivity index (χ1v) is 9.36. The van der Waals surface area contributed by atoms with Crippen molar-refractivity contribution >= 4 is 22.6 Å². The largest absolute Gasteiger partial charge is 0.545 e. The van der Waals surface area contributed by atoms with Crippen LogP contribution in [-0.4, -0.2) is 23.6 Å². The number of aromatic nitrogens is 1. The Hall–Kier alpha value is -2.37. The third-order valence-electron chi connectivity index (χ3n) is 5.07. The summed E-state index contributed by atoms with van der Waals surface area (Å²) in [5.74, 6) is -2.01. The number of benzene rings is 1. The van der Waals surface area contributed by atoms with Gasteiger partial charge in [-0.1, -0.05) is 26.2 Å². The van der Waals surface area contributed by atoms with Crippen LogP contribution in [0.3, 0.4) is 0 Å². The number of fused-ring (bicyclic) bond motifs is 1. The lowest BCUT2D eigenvalue weighted by Crippen LogP contribution is -2.30. The molecule has 26 heavy (non-hydrogen) atoms. The lowest BCUT2D eigenvalue weighted by Gasteiger charge is -2.21. The second-order valence-corrected chi connectivity index (χ2v) is 6.93. The zero-order chi connectivity index (χ0) is 18.7. The molecule has 5 nitrogen and oxygen atoms in total. The van der Waals surface area contributed by atoms with Crippen molar-refractivity contribution in [3.63, 3.8) is 0 Å². The molecule has 1 aliphatic rings. The fraction of sp³-hybridized carbons (Fsp3) is 0.500. The summed E-state index contributed by atoms with van der Waals surface area (Å²) in [6, 6.07) is 2.87. The van der Waals surface area contributed by atoms with E-state index in [-0.39, 0.29) is 5.39 Å². The highest BCUT2D eigenvalue weighted by molar-refractivity contribution is 5.92. The number of halogens is 1. The minimum absolute atomic E-state index is 0.0997. The Kier molecular flexibility index (Phi) is 5.59. The molecule has 0 aliphatic carbocycles. The Morgan fingerprint density at radius 3 is 2.58 bits per heavy atom. The number of anilines is 1. The Balaban J connectivity index is 2.11. The average molecular weight is 359 g/mol. The van der Waals surface area contributed by atoms with Gasteiger partial charge in [-0.25, -0.2) is 4.39 Å². The molecule has 0 unspecified atom stereocenters. The van der Waals surface area contributed by atoms with Crippen molar-refractivity contribution in [3.8, 4) is 0 Å². The molecule has 0 bridgehead atoms. The van der Waals surface area contributed by atoms with Gasteiger partial charge in [0.25, 0.3) is 0 Å². The third kappa shape index (κ3) is 3.59.